The van der Waals surface area contributed by atoms with Gasteiger partial charge in [0.25, 0.3) is 11.9 Å². The van der Waals surface area contributed by atoms with Crippen molar-refractivity contribution in [3.63, 3.8) is 0 Å². The molecule has 0 aromatic carbocycles. The molecule has 0 saturated heterocycles. The highest BCUT2D eigenvalue weighted by Gasteiger charge is 2.17. The van der Waals surface area contributed by atoms with Gasteiger partial charge >= 0.3 is 19.5 Å². The maximum Gasteiger partial charge on any atom is 0.314 e. The molecule has 0 N–H and O–H groups in total. The van der Waals surface area contributed by atoms with Gasteiger partial charge in [-0.15, -0.1) is 0 Å². The summed E-state index contributed by atoms with van der Waals surface area (Å²) in [6.45, 7) is 7.99. The van der Waals surface area contributed by atoms with E-state index in [0.29, 0.717) is 0 Å². The third kappa shape index (κ3) is 7.84. The lowest BCUT2D eigenvalue weighted by molar-refractivity contribution is -0.140. The number of carbonyl (C=O) groups is 2. The van der Waals surface area contributed by atoms with Gasteiger partial charge in [0, 0.05) is 0 Å². The Bertz CT molecular complexity index is 248. The molecular formula is C14H26O4Si2. The topological polar surface area (TPSA) is 52.6 Å². The zero-order valence-corrected chi connectivity index (χ0v) is 15.0. The summed E-state index contributed by atoms with van der Waals surface area (Å²) < 4.78 is 10.5. The molecule has 0 atom stereocenters. The van der Waals surface area contributed by atoms with Crippen molar-refractivity contribution in [2.75, 3.05) is 0 Å². The predicted octanol–water partition coefficient (Wildman–Crippen LogP) is 3.02. The fourth-order valence-electron chi connectivity index (χ4n) is 1.76. The lowest BCUT2D eigenvalue weighted by atomic mass is 10.0. The molecule has 0 aliphatic rings. The van der Waals surface area contributed by atoms with Gasteiger partial charge in [0.15, 0.2) is 0 Å². The van der Waals surface area contributed by atoms with Crippen LogP contribution < -0.4 is 0 Å². The maximum atomic E-state index is 11.6. The Morgan fingerprint density at radius 3 is 1.30 bits per heavy atom. The molecule has 4 nitrogen and oxygen atoms in total. The summed E-state index contributed by atoms with van der Waals surface area (Å²) in [7, 11) is 0.352. The standard InChI is InChI=1S/C14H26O4Si2/c1-5-11(6-2)13(15)17-19-9-10-20-18-14(16)12(7-3)8-4/h11-12H,5-10H2,1-4H3. The van der Waals surface area contributed by atoms with E-state index < -0.39 is 0 Å². The average molecular weight is 315 g/mol. The molecule has 0 aliphatic carbocycles. The Labute approximate surface area is 127 Å². The largest absolute Gasteiger partial charge is 0.516 e. The van der Waals surface area contributed by atoms with Gasteiger partial charge in [-0.25, -0.2) is 0 Å². The molecule has 20 heavy (non-hydrogen) atoms. The van der Waals surface area contributed by atoms with E-state index in [1.165, 1.54) is 0 Å². The first kappa shape index (κ1) is 19.4. The van der Waals surface area contributed by atoms with Crippen LogP contribution in [0.5, 0.6) is 0 Å². The third-order valence-corrected chi connectivity index (χ3v) is 5.41. The normalized spacial score (nSPS) is 10.9. The molecule has 0 spiro atoms. The van der Waals surface area contributed by atoms with Crippen molar-refractivity contribution in [2.45, 2.75) is 65.5 Å². The van der Waals surface area contributed by atoms with Crippen LogP contribution in [0.2, 0.25) is 12.1 Å². The zero-order valence-electron chi connectivity index (χ0n) is 13.0. The Morgan fingerprint density at radius 2 is 1.05 bits per heavy atom. The molecular weight excluding hydrogens is 288 g/mol. The summed E-state index contributed by atoms with van der Waals surface area (Å²) in [6, 6.07) is 1.56. The van der Waals surface area contributed by atoms with E-state index in [1.54, 1.807) is 0 Å². The molecule has 0 unspecified atom stereocenters. The Balaban J connectivity index is 3.63. The van der Waals surface area contributed by atoms with Gasteiger partial charge in [-0.2, -0.15) is 0 Å². The minimum absolute atomic E-state index is 0.0256. The number of rotatable bonds is 11. The van der Waals surface area contributed by atoms with E-state index in [4.69, 9.17) is 8.85 Å². The van der Waals surface area contributed by atoms with E-state index in [0.717, 1.165) is 37.8 Å². The molecule has 0 saturated carbocycles. The zero-order chi connectivity index (χ0) is 15.4. The number of hydrogen-bond acceptors (Lipinski definition) is 4. The van der Waals surface area contributed by atoms with Crippen LogP contribution >= 0.6 is 0 Å². The van der Waals surface area contributed by atoms with Crippen LogP contribution in [0, 0.1) is 11.8 Å². The first-order valence-electron chi connectivity index (χ1n) is 7.47. The molecule has 0 aromatic rings. The molecule has 0 bridgehead atoms. The van der Waals surface area contributed by atoms with Crippen molar-refractivity contribution >= 4 is 31.5 Å². The Kier molecular flexibility index (Phi) is 11.8. The van der Waals surface area contributed by atoms with Gasteiger partial charge in [-0.1, -0.05) is 27.7 Å². The van der Waals surface area contributed by atoms with Gasteiger partial charge in [0.1, 0.15) is 0 Å². The number of hydrogen-bond donors (Lipinski definition) is 0. The van der Waals surface area contributed by atoms with Crippen molar-refractivity contribution in [3.05, 3.63) is 0 Å². The minimum atomic E-state index is -0.0920. The summed E-state index contributed by atoms with van der Waals surface area (Å²) in [5.74, 6) is -0.133. The molecule has 0 amide bonds. The predicted molar refractivity (Wildman–Crippen MR) is 81.5 cm³/mol. The van der Waals surface area contributed by atoms with Gasteiger partial charge in [0.05, 0.1) is 11.8 Å². The summed E-state index contributed by atoms with van der Waals surface area (Å²) in [6.07, 6.45) is 3.31. The second kappa shape index (κ2) is 12.1. The molecule has 114 valence electrons. The highest BCUT2D eigenvalue weighted by atomic mass is 28.2. The van der Waals surface area contributed by atoms with Crippen LogP contribution in [0.1, 0.15) is 53.4 Å². The molecule has 0 rings (SSSR count). The van der Waals surface area contributed by atoms with Crippen LogP contribution in [-0.4, -0.2) is 31.5 Å². The van der Waals surface area contributed by atoms with Crippen molar-refractivity contribution < 1.29 is 18.4 Å². The maximum absolute atomic E-state index is 11.6. The lowest BCUT2D eigenvalue weighted by Gasteiger charge is -2.12. The quantitative estimate of drug-likeness (QED) is 0.434. The summed E-state index contributed by atoms with van der Waals surface area (Å²) in [5.41, 5.74) is 0. The Morgan fingerprint density at radius 1 is 0.750 bits per heavy atom. The molecule has 6 heteroatoms. The first-order chi connectivity index (χ1) is 9.60. The van der Waals surface area contributed by atoms with E-state index >= 15 is 0 Å². The molecule has 0 fully saturated rings. The molecule has 0 aromatic heterocycles. The van der Waals surface area contributed by atoms with Gasteiger partial charge in [0.2, 0.25) is 0 Å². The second-order valence-corrected chi connectivity index (χ2v) is 6.64. The fraction of sp³-hybridized carbons (Fsp3) is 0.857. The van der Waals surface area contributed by atoms with Crippen LogP contribution in [0.15, 0.2) is 0 Å². The highest BCUT2D eigenvalue weighted by molar-refractivity contribution is 6.37. The Hall–Kier alpha value is -0.626. The van der Waals surface area contributed by atoms with E-state index in [1.807, 2.05) is 27.7 Å². The molecule has 4 radical (unpaired) electrons. The van der Waals surface area contributed by atoms with E-state index in [9.17, 15) is 9.59 Å². The van der Waals surface area contributed by atoms with Crippen LogP contribution in [0.3, 0.4) is 0 Å². The number of carbonyl (C=O) groups excluding carboxylic acids is 2. The van der Waals surface area contributed by atoms with Gasteiger partial charge < -0.3 is 8.85 Å². The lowest BCUT2D eigenvalue weighted by Crippen LogP contribution is -2.20. The van der Waals surface area contributed by atoms with Crippen molar-refractivity contribution in [1.29, 1.82) is 0 Å². The van der Waals surface area contributed by atoms with Crippen molar-refractivity contribution in [1.82, 2.24) is 0 Å². The van der Waals surface area contributed by atoms with Crippen molar-refractivity contribution in [3.8, 4) is 0 Å². The minimum Gasteiger partial charge on any atom is -0.516 e. The molecule has 0 aliphatic heterocycles. The SMILES string of the molecule is CCC(CC)C(=O)O[Si]CC[Si]OC(=O)C(CC)CC. The van der Waals surface area contributed by atoms with Crippen LogP contribution in [-0.2, 0) is 18.4 Å². The monoisotopic (exact) mass is 314 g/mol. The summed E-state index contributed by atoms with van der Waals surface area (Å²) >= 11 is 0. The van der Waals surface area contributed by atoms with Crippen LogP contribution in [0.4, 0.5) is 0 Å². The van der Waals surface area contributed by atoms with E-state index in [2.05, 4.69) is 0 Å². The molecule has 0 heterocycles. The van der Waals surface area contributed by atoms with Crippen LogP contribution in [0.25, 0.3) is 0 Å². The first-order valence-corrected chi connectivity index (χ1v) is 9.70. The summed E-state index contributed by atoms with van der Waals surface area (Å²) in [5, 5.41) is 0. The summed E-state index contributed by atoms with van der Waals surface area (Å²) in [4.78, 5) is 23.2. The third-order valence-electron chi connectivity index (χ3n) is 3.31. The van der Waals surface area contributed by atoms with Crippen molar-refractivity contribution in [2.24, 2.45) is 11.8 Å². The average Bonchev–Trinajstić information content (AvgIpc) is 2.45. The highest BCUT2D eigenvalue weighted by Crippen LogP contribution is 2.11. The smallest absolute Gasteiger partial charge is 0.314 e. The van der Waals surface area contributed by atoms with E-state index in [-0.39, 0.29) is 43.3 Å². The second-order valence-electron chi connectivity index (χ2n) is 4.66. The fourth-order valence-corrected chi connectivity index (χ4v) is 3.40. The van der Waals surface area contributed by atoms with Gasteiger partial charge in [-0.05, 0) is 37.8 Å². The van der Waals surface area contributed by atoms with Gasteiger partial charge in [-0.3, -0.25) is 9.59 Å².